The van der Waals surface area contributed by atoms with E-state index in [1.165, 1.54) is 64.3 Å². The Labute approximate surface area is 176 Å². The maximum atomic E-state index is 5.48. The standard InChI is InChI=1S/C24H26N4S/c29-24(25-12-14-28-13-11-18-5-1-4-8-23(18)28)26-16-17-9-10-22-20(15-17)19-6-2-3-7-21(19)27-22/h1,4-5,8-11,13,15,27H,2-3,6-7,12,14,16H2,(H2,25,26,29). The molecule has 29 heavy (non-hydrogen) atoms. The van der Waals surface area contributed by atoms with E-state index in [-0.39, 0.29) is 0 Å². The first-order valence-corrected chi connectivity index (χ1v) is 10.9. The van der Waals surface area contributed by atoms with Gasteiger partial charge in [-0.05, 0) is 78.7 Å². The van der Waals surface area contributed by atoms with Crippen molar-refractivity contribution in [2.24, 2.45) is 0 Å². The normalized spacial score (nSPS) is 13.5. The van der Waals surface area contributed by atoms with Gasteiger partial charge in [-0.15, -0.1) is 0 Å². The van der Waals surface area contributed by atoms with Crippen molar-refractivity contribution in [3.05, 3.63) is 71.5 Å². The van der Waals surface area contributed by atoms with Gasteiger partial charge in [0.15, 0.2) is 5.11 Å². The second-order valence-electron chi connectivity index (χ2n) is 7.85. The fourth-order valence-electron chi connectivity index (χ4n) is 4.43. The monoisotopic (exact) mass is 402 g/mol. The molecule has 2 aromatic heterocycles. The number of rotatable bonds is 5. The van der Waals surface area contributed by atoms with E-state index < -0.39 is 0 Å². The number of fused-ring (bicyclic) bond motifs is 4. The highest BCUT2D eigenvalue weighted by atomic mass is 32.1. The van der Waals surface area contributed by atoms with Crippen LogP contribution < -0.4 is 10.6 Å². The minimum absolute atomic E-state index is 0.706. The van der Waals surface area contributed by atoms with Crippen molar-refractivity contribution in [3.8, 4) is 0 Å². The molecule has 0 saturated carbocycles. The number of H-pyrrole nitrogens is 1. The van der Waals surface area contributed by atoms with Crippen LogP contribution in [-0.2, 0) is 25.9 Å². The largest absolute Gasteiger partial charge is 0.361 e. The minimum atomic E-state index is 0.706. The van der Waals surface area contributed by atoms with Crippen LogP contribution in [0.2, 0.25) is 0 Å². The molecule has 0 saturated heterocycles. The van der Waals surface area contributed by atoms with Crippen LogP contribution in [0.4, 0.5) is 0 Å². The predicted molar refractivity (Wildman–Crippen MR) is 124 cm³/mol. The lowest BCUT2D eigenvalue weighted by Crippen LogP contribution is -2.36. The maximum Gasteiger partial charge on any atom is 0.166 e. The second kappa shape index (κ2) is 7.91. The zero-order valence-corrected chi connectivity index (χ0v) is 17.3. The molecule has 4 nitrogen and oxygen atoms in total. The quantitative estimate of drug-likeness (QED) is 0.425. The molecule has 0 unspecified atom stereocenters. The summed E-state index contributed by atoms with van der Waals surface area (Å²) in [6.45, 7) is 2.43. The smallest absolute Gasteiger partial charge is 0.166 e. The summed E-state index contributed by atoms with van der Waals surface area (Å²) in [5.41, 5.74) is 6.75. The molecule has 1 aliphatic rings. The van der Waals surface area contributed by atoms with Crippen LogP contribution in [0.5, 0.6) is 0 Å². The highest BCUT2D eigenvalue weighted by Gasteiger charge is 2.15. The van der Waals surface area contributed by atoms with E-state index in [1.54, 1.807) is 0 Å². The van der Waals surface area contributed by atoms with Crippen LogP contribution in [0.1, 0.15) is 29.7 Å². The lowest BCUT2D eigenvalue weighted by atomic mass is 9.95. The van der Waals surface area contributed by atoms with Crippen molar-refractivity contribution in [1.29, 1.82) is 0 Å². The summed E-state index contributed by atoms with van der Waals surface area (Å²) in [6, 6.07) is 17.3. The summed E-state index contributed by atoms with van der Waals surface area (Å²) in [5, 5.41) is 10.1. The van der Waals surface area contributed by atoms with Crippen LogP contribution in [0.15, 0.2) is 54.7 Å². The molecule has 5 rings (SSSR count). The topological polar surface area (TPSA) is 44.8 Å². The number of aromatic amines is 1. The molecule has 0 amide bonds. The number of hydrogen-bond donors (Lipinski definition) is 3. The predicted octanol–water partition coefficient (Wildman–Crippen LogP) is 4.67. The summed E-state index contributed by atoms with van der Waals surface area (Å²) in [6.07, 6.45) is 7.11. The third kappa shape index (κ3) is 3.75. The van der Waals surface area contributed by atoms with Crippen LogP contribution in [0.3, 0.4) is 0 Å². The Morgan fingerprint density at radius 1 is 1.03 bits per heavy atom. The fraction of sp³-hybridized carbons (Fsp3) is 0.292. The molecule has 2 heterocycles. The lowest BCUT2D eigenvalue weighted by molar-refractivity contribution is 0.680. The highest BCUT2D eigenvalue weighted by Crippen LogP contribution is 2.29. The Balaban J connectivity index is 1.16. The molecule has 2 aromatic carbocycles. The summed E-state index contributed by atoms with van der Waals surface area (Å²) >= 11 is 5.48. The first-order chi connectivity index (χ1) is 14.3. The van der Waals surface area contributed by atoms with Crippen molar-refractivity contribution in [3.63, 3.8) is 0 Å². The number of nitrogens with zero attached hydrogens (tertiary/aromatic N) is 1. The molecule has 4 aromatic rings. The Bertz CT molecular complexity index is 1170. The zero-order chi connectivity index (χ0) is 19.6. The molecular weight excluding hydrogens is 376 g/mol. The Kier molecular flexibility index (Phi) is 4.98. The Hall–Kier alpha value is -2.79. The van der Waals surface area contributed by atoms with Gasteiger partial charge >= 0.3 is 0 Å². The Morgan fingerprint density at radius 3 is 2.90 bits per heavy atom. The average Bonchev–Trinajstić information content (AvgIpc) is 3.33. The van der Waals surface area contributed by atoms with Gasteiger partial charge in [-0.2, -0.15) is 0 Å². The molecule has 0 spiro atoms. The SMILES string of the molecule is S=C(NCCn1ccc2ccccc21)NCc1ccc2[nH]c3c(c2c1)CCCC3. The zero-order valence-electron chi connectivity index (χ0n) is 16.5. The number of nitrogens with one attached hydrogen (secondary N) is 3. The maximum absolute atomic E-state index is 5.48. The first kappa shape index (κ1) is 18.3. The third-order valence-electron chi connectivity index (χ3n) is 5.93. The molecule has 0 atom stereocenters. The van der Waals surface area contributed by atoms with E-state index in [2.05, 4.69) is 74.9 Å². The second-order valence-corrected chi connectivity index (χ2v) is 8.25. The summed E-state index contributed by atoms with van der Waals surface area (Å²) in [7, 11) is 0. The summed E-state index contributed by atoms with van der Waals surface area (Å²) in [5.74, 6) is 0. The van der Waals surface area contributed by atoms with E-state index in [9.17, 15) is 0 Å². The molecule has 1 aliphatic carbocycles. The number of benzene rings is 2. The van der Waals surface area contributed by atoms with Gasteiger partial charge in [-0.25, -0.2) is 0 Å². The molecular formula is C24H26N4S. The van der Waals surface area contributed by atoms with Crippen molar-refractivity contribution in [2.45, 2.75) is 38.8 Å². The van der Waals surface area contributed by atoms with Crippen LogP contribution >= 0.6 is 12.2 Å². The van der Waals surface area contributed by atoms with Gasteiger partial charge in [-0.3, -0.25) is 0 Å². The van der Waals surface area contributed by atoms with E-state index in [1.807, 2.05) is 0 Å². The van der Waals surface area contributed by atoms with Crippen molar-refractivity contribution in [1.82, 2.24) is 20.2 Å². The molecule has 0 fully saturated rings. The number of hydrogen-bond acceptors (Lipinski definition) is 1. The van der Waals surface area contributed by atoms with Crippen LogP contribution in [0, 0.1) is 0 Å². The lowest BCUT2D eigenvalue weighted by Gasteiger charge is -2.12. The van der Waals surface area contributed by atoms with Gasteiger partial charge in [0.25, 0.3) is 0 Å². The van der Waals surface area contributed by atoms with Gasteiger partial charge in [-0.1, -0.05) is 24.3 Å². The third-order valence-corrected chi connectivity index (χ3v) is 6.22. The Morgan fingerprint density at radius 2 is 1.93 bits per heavy atom. The first-order valence-electron chi connectivity index (χ1n) is 10.5. The molecule has 5 heteroatoms. The molecule has 148 valence electrons. The number of aromatic nitrogens is 2. The van der Waals surface area contributed by atoms with Crippen LogP contribution in [0.25, 0.3) is 21.8 Å². The summed E-state index contributed by atoms with van der Waals surface area (Å²) < 4.78 is 2.26. The highest BCUT2D eigenvalue weighted by molar-refractivity contribution is 7.80. The van der Waals surface area contributed by atoms with Crippen LogP contribution in [-0.4, -0.2) is 21.2 Å². The minimum Gasteiger partial charge on any atom is -0.361 e. The van der Waals surface area contributed by atoms with E-state index in [0.29, 0.717) is 5.11 Å². The molecule has 0 aliphatic heterocycles. The van der Waals surface area contributed by atoms with E-state index in [0.717, 1.165) is 19.6 Å². The van der Waals surface area contributed by atoms with E-state index in [4.69, 9.17) is 12.2 Å². The molecule has 0 radical (unpaired) electrons. The number of thiocarbonyl (C=S) groups is 1. The number of aryl methyl sites for hydroxylation is 2. The molecule has 3 N–H and O–H groups in total. The van der Waals surface area contributed by atoms with E-state index >= 15 is 0 Å². The van der Waals surface area contributed by atoms with Gasteiger partial charge in [0, 0.05) is 47.9 Å². The number of para-hydroxylation sites is 1. The van der Waals surface area contributed by atoms with Gasteiger partial charge in [0.2, 0.25) is 0 Å². The van der Waals surface area contributed by atoms with Gasteiger partial charge < -0.3 is 20.2 Å². The van der Waals surface area contributed by atoms with Gasteiger partial charge in [0.05, 0.1) is 0 Å². The van der Waals surface area contributed by atoms with Crippen molar-refractivity contribution >= 4 is 39.1 Å². The van der Waals surface area contributed by atoms with Gasteiger partial charge in [0.1, 0.15) is 0 Å². The van der Waals surface area contributed by atoms with Crippen molar-refractivity contribution < 1.29 is 0 Å². The summed E-state index contributed by atoms with van der Waals surface area (Å²) in [4.78, 5) is 3.60. The fourth-order valence-corrected chi connectivity index (χ4v) is 4.61. The average molecular weight is 403 g/mol. The van der Waals surface area contributed by atoms with Crippen molar-refractivity contribution in [2.75, 3.05) is 6.54 Å². The molecule has 0 bridgehead atoms.